The predicted octanol–water partition coefficient (Wildman–Crippen LogP) is 1.60. The number of nitrogens with zero attached hydrogens (tertiary/aromatic N) is 4. The Bertz CT molecular complexity index is 499. The van der Waals surface area contributed by atoms with E-state index in [-0.39, 0.29) is 5.91 Å². The number of hydrogen-bond donors (Lipinski definition) is 0. The van der Waals surface area contributed by atoms with Crippen molar-refractivity contribution in [3.05, 3.63) is 17.6 Å². The molecule has 1 aromatic heterocycles. The third-order valence-corrected chi connectivity index (χ3v) is 3.02. The van der Waals surface area contributed by atoms with Crippen LogP contribution in [0.5, 0.6) is 0 Å². The summed E-state index contributed by atoms with van der Waals surface area (Å²) in [6.07, 6.45) is 2.79. The fourth-order valence-corrected chi connectivity index (χ4v) is 2.08. The quantitative estimate of drug-likeness (QED) is 0.775. The summed E-state index contributed by atoms with van der Waals surface area (Å²) >= 11 is 0. The van der Waals surface area contributed by atoms with E-state index in [9.17, 15) is 4.79 Å². The van der Waals surface area contributed by atoms with Crippen LogP contribution >= 0.6 is 0 Å². The van der Waals surface area contributed by atoms with Crippen LogP contribution in [0.4, 0.5) is 5.82 Å². The summed E-state index contributed by atoms with van der Waals surface area (Å²) < 4.78 is 0. The molecular formula is C12H14N4O. The summed E-state index contributed by atoms with van der Waals surface area (Å²) in [5.41, 5.74) is 1.87. The molecule has 0 aromatic carbocycles. The number of hydrogen-bond acceptors (Lipinski definition) is 4. The molecule has 2 aliphatic rings. The first-order valence-electron chi connectivity index (χ1n) is 5.86. The number of rotatable bonds is 2. The lowest BCUT2D eigenvalue weighted by molar-refractivity contribution is -0.116. The van der Waals surface area contributed by atoms with Gasteiger partial charge in [-0.3, -0.25) is 4.79 Å². The fraction of sp³-hybridized carbons (Fsp3) is 0.500. The summed E-state index contributed by atoms with van der Waals surface area (Å²) in [4.78, 5) is 20.4. The Labute approximate surface area is 99.6 Å². The van der Waals surface area contributed by atoms with Gasteiger partial charge in [-0.25, -0.2) is 9.97 Å². The number of carbonyl (C=O) groups is 1. The summed E-state index contributed by atoms with van der Waals surface area (Å²) in [6, 6.07) is 1.80. The molecule has 17 heavy (non-hydrogen) atoms. The minimum Gasteiger partial charge on any atom is -0.272 e. The van der Waals surface area contributed by atoms with Crippen LogP contribution in [0.15, 0.2) is 11.2 Å². The van der Waals surface area contributed by atoms with E-state index in [0.717, 1.165) is 11.4 Å². The van der Waals surface area contributed by atoms with E-state index in [4.69, 9.17) is 0 Å². The van der Waals surface area contributed by atoms with Gasteiger partial charge in [0.25, 0.3) is 5.91 Å². The molecule has 0 bridgehead atoms. The molecular weight excluding hydrogens is 216 g/mol. The maximum absolute atomic E-state index is 11.9. The molecule has 0 N–H and O–H groups in total. The van der Waals surface area contributed by atoms with Gasteiger partial charge in [0.2, 0.25) is 0 Å². The SMILES string of the molecule is Cc1cc(N2N=C(C3CC3)CC2=O)nc(C)n1. The van der Waals surface area contributed by atoms with Crippen LogP contribution in [-0.2, 0) is 4.79 Å². The van der Waals surface area contributed by atoms with Crippen molar-refractivity contribution in [3.63, 3.8) is 0 Å². The first-order valence-corrected chi connectivity index (χ1v) is 5.86. The summed E-state index contributed by atoms with van der Waals surface area (Å²) in [6.45, 7) is 3.72. The smallest absolute Gasteiger partial charge is 0.254 e. The van der Waals surface area contributed by atoms with E-state index < -0.39 is 0 Å². The van der Waals surface area contributed by atoms with Gasteiger partial charge in [-0.15, -0.1) is 0 Å². The molecule has 0 saturated heterocycles. The van der Waals surface area contributed by atoms with Crippen molar-refractivity contribution < 1.29 is 4.79 Å². The van der Waals surface area contributed by atoms with E-state index in [1.54, 1.807) is 6.07 Å². The van der Waals surface area contributed by atoms with Crippen LogP contribution < -0.4 is 5.01 Å². The van der Waals surface area contributed by atoms with Crippen molar-refractivity contribution in [2.75, 3.05) is 5.01 Å². The molecule has 1 saturated carbocycles. The highest BCUT2D eigenvalue weighted by molar-refractivity contribution is 6.13. The standard InChI is InChI=1S/C12H14N4O/c1-7-5-11(14-8(2)13-7)16-12(17)6-10(15-16)9-3-4-9/h5,9H,3-4,6H2,1-2H3. The average Bonchev–Trinajstić information content (AvgIpc) is 3.01. The summed E-state index contributed by atoms with van der Waals surface area (Å²) in [5, 5.41) is 5.82. The van der Waals surface area contributed by atoms with Gasteiger partial charge in [-0.2, -0.15) is 10.1 Å². The van der Waals surface area contributed by atoms with Gasteiger partial charge in [0.15, 0.2) is 5.82 Å². The van der Waals surface area contributed by atoms with E-state index in [2.05, 4.69) is 15.1 Å². The van der Waals surface area contributed by atoms with E-state index >= 15 is 0 Å². The maximum atomic E-state index is 11.9. The number of carbonyl (C=O) groups excluding carboxylic acids is 1. The zero-order valence-corrected chi connectivity index (χ0v) is 9.97. The molecule has 0 spiro atoms. The summed E-state index contributed by atoms with van der Waals surface area (Å²) in [7, 11) is 0. The number of anilines is 1. The molecule has 0 unspecified atom stereocenters. The average molecular weight is 230 g/mol. The van der Waals surface area contributed by atoms with Gasteiger partial charge in [0.1, 0.15) is 5.82 Å². The van der Waals surface area contributed by atoms with Gasteiger partial charge in [-0.1, -0.05) is 0 Å². The van der Waals surface area contributed by atoms with Crippen LogP contribution in [-0.4, -0.2) is 21.6 Å². The second-order valence-electron chi connectivity index (χ2n) is 4.66. The number of aryl methyl sites for hydroxylation is 2. The predicted molar refractivity (Wildman–Crippen MR) is 63.8 cm³/mol. The van der Waals surface area contributed by atoms with Gasteiger partial charge in [-0.05, 0) is 32.6 Å². The Morgan fingerprint density at radius 1 is 1.29 bits per heavy atom. The highest BCUT2D eigenvalue weighted by atomic mass is 16.2. The first kappa shape index (κ1) is 10.4. The third-order valence-electron chi connectivity index (χ3n) is 3.02. The van der Waals surface area contributed by atoms with Crippen molar-refractivity contribution in [2.45, 2.75) is 33.1 Å². The normalized spacial score (nSPS) is 19.8. The van der Waals surface area contributed by atoms with Gasteiger partial charge >= 0.3 is 0 Å². The van der Waals surface area contributed by atoms with Crippen LogP contribution in [0, 0.1) is 19.8 Å². The zero-order valence-electron chi connectivity index (χ0n) is 9.97. The molecule has 0 radical (unpaired) electrons. The Kier molecular flexibility index (Phi) is 2.21. The number of aromatic nitrogens is 2. The van der Waals surface area contributed by atoms with Crippen LogP contribution in [0.1, 0.15) is 30.8 Å². The molecule has 2 heterocycles. The number of hydrazone groups is 1. The van der Waals surface area contributed by atoms with Crippen molar-refractivity contribution >= 4 is 17.4 Å². The fourth-order valence-electron chi connectivity index (χ4n) is 2.08. The molecule has 0 atom stereocenters. The van der Waals surface area contributed by atoms with Crippen LogP contribution in [0.25, 0.3) is 0 Å². The molecule has 5 heteroatoms. The Morgan fingerprint density at radius 2 is 2.06 bits per heavy atom. The van der Waals surface area contributed by atoms with Crippen molar-refractivity contribution in [1.29, 1.82) is 0 Å². The highest BCUT2D eigenvalue weighted by Crippen LogP contribution is 2.35. The molecule has 1 aliphatic heterocycles. The minimum atomic E-state index is 0.0180. The van der Waals surface area contributed by atoms with Crippen LogP contribution in [0.2, 0.25) is 0 Å². The molecule has 1 aromatic rings. The molecule has 3 rings (SSSR count). The lowest BCUT2D eigenvalue weighted by atomic mass is 10.2. The second kappa shape index (κ2) is 3.61. The number of amides is 1. The molecule has 1 aliphatic carbocycles. The Morgan fingerprint density at radius 3 is 2.71 bits per heavy atom. The van der Waals surface area contributed by atoms with Gasteiger partial charge in [0, 0.05) is 11.8 Å². The van der Waals surface area contributed by atoms with Crippen molar-refractivity contribution in [1.82, 2.24) is 9.97 Å². The van der Waals surface area contributed by atoms with Crippen molar-refractivity contribution in [2.24, 2.45) is 11.0 Å². The topological polar surface area (TPSA) is 58.5 Å². The zero-order chi connectivity index (χ0) is 12.0. The van der Waals surface area contributed by atoms with E-state index in [0.29, 0.717) is 24.0 Å². The van der Waals surface area contributed by atoms with Gasteiger partial charge in [0.05, 0.1) is 12.1 Å². The van der Waals surface area contributed by atoms with E-state index in [1.165, 1.54) is 17.9 Å². The summed E-state index contributed by atoms with van der Waals surface area (Å²) in [5.74, 6) is 1.82. The van der Waals surface area contributed by atoms with Crippen LogP contribution in [0.3, 0.4) is 0 Å². The Balaban J connectivity index is 1.94. The first-order chi connectivity index (χ1) is 8.13. The lowest BCUT2D eigenvalue weighted by Gasteiger charge is -2.11. The maximum Gasteiger partial charge on any atom is 0.254 e. The monoisotopic (exact) mass is 230 g/mol. The lowest BCUT2D eigenvalue weighted by Crippen LogP contribution is -2.21. The molecule has 1 amide bonds. The Hall–Kier alpha value is -1.78. The molecule has 5 nitrogen and oxygen atoms in total. The largest absolute Gasteiger partial charge is 0.272 e. The van der Waals surface area contributed by atoms with Crippen molar-refractivity contribution in [3.8, 4) is 0 Å². The minimum absolute atomic E-state index is 0.0180. The molecule has 88 valence electrons. The highest BCUT2D eigenvalue weighted by Gasteiger charge is 2.36. The third kappa shape index (κ3) is 1.92. The second-order valence-corrected chi connectivity index (χ2v) is 4.66. The molecule has 1 fully saturated rings. The van der Waals surface area contributed by atoms with Gasteiger partial charge < -0.3 is 0 Å². The van der Waals surface area contributed by atoms with E-state index in [1.807, 2.05) is 13.8 Å².